The molecule has 0 heterocycles. The summed E-state index contributed by atoms with van der Waals surface area (Å²) < 4.78 is 0. The fourth-order valence-corrected chi connectivity index (χ4v) is 1.65. The molecule has 5 nitrogen and oxygen atoms in total. The number of carboxylic acid groups (broad SMARTS) is 1. The molecule has 1 amide bonds. The van der Waals surface area contributed by atoms with Gasteiger partial charge in [-0.3, -0.25) is 14.9 Å². The van der Waals surface area contributed by atoms with Crippen molar-refractivity contribution in [3.8, 4) is 0 Å². The van der Waals surface area contributed by atoms with Crippen molar-refractivity contribution in [3.05, 3.63) is 34.9 Å². The zero-order valence-corrected chi connectivity index (χ0v) is 11.4. The van der Waals surface area contributed by atoms with Gasteiger partial charge < -0.3 is 10.4 Å². The highest BCUT2D eigenvalue weighted by atomic mass is 35.5. The second-order valence-electron chi connectivity index (χ2n) is 4.17. The monoisotopic (exact) mass is 284 g/mol. The molecule has 0 radical (unpaired) electrons. The number of amides is 1. The summed E-state index contributed by atoms with van der Waals surface area (Å²) in [6.07, 6.45) is 0.681. The lowest BCUT2D eigenvalue weighted by molar-refractivity contribution is -0.139. The molecule has 0 fully saturated rings. The van der Waals surface area contributed by atoms with Gasteiger partial charge in [-0.1, -0.05) is 23.7 Å². The van der Waals surface area contributed by atoms with Crippen molar-refractivity contribution in [2.24, 2.45) is 0 Å². The zero-order valence-electron chi connectivity index (χ0n) is 10.6. The first kappa shape index (κ1) is 15.5. The second kappa shape index (κ2) is 7.76. The highest BCUT2D eigenvalue weighted by Crippen LogP contribution is 2.10. The van der Waals surface area contributed by atoms with Crippen LogP contribution < -0.4 is 10.6 Å². The van der Waals surface area contributed by atoms with Gasteiger partial charge in [0.1, 0.15) is 6.04 Å². The third-order valence-corrected chi connectivity index (χ3v) is 2.80. The van der Waals surface area contributed by atoms with Crippen LogP contribution in [-0.2, 0) is 16.0 Å². The summed E-state index contributed by atoms with van der Waals surface area (Å²) in [6, 6.07) is 6.69. The molecular formula is C13H17ClN2O3. The molecule has 0 aliphatic rings. The molecule has 6 heteroatoms. The molecular weight excluding hydrogens is 268 g/mol. The highest BCUT2D eigenvalue weighted by molar-refractivity contribution is 6.30. The average Bonchev–Trinajstić information content (AvgIpc) is 2.36. The molecule has 0 saturated carbocycles. The molecule has 1 aromatic rings. The SMILES string of the molecule is CC(NCC(=O)NCCc1cccc(Cl)c1)C(=O)O. The minimum Gasteiger partial charge on any atom is -0.480 e. The maximum absolute atomic E-state index is 11.4. The Morgan fingerprint density at radius 1 is 1.42 bits per heavy atom. The smallest absolute Gasteiger partial charge is 0.320 e. The largest absolute Gasteiger partial charge is 0.480 e. The standard InChI is InChI=1S/C13H17ClN2O3/c1-9(13(18)19)16-8-12(17)15-6-5-10-3-2-4-11(14)7-10/h2-4,7,9,16H,5-6,8H2,1H3,(H,15,17)(H,18,19). The van der Waals surface area contributed by atoms with E-state index in [1.54, 1.807) is 6.07 Å². The Labute approximate surface area is 117 Å². The summed E-state index contributed by atoms with van der Waals surface area (Å²) in [6.45, 7) is 1.97. The van der Waals surface area contributed by atoms with Crippen LogP contribution in [0.3, 0.4) is 0 Å². The molecule has 1 rings (SSSR count). The van der Waals surface area contributed by atoms with Crippen molar-refractivity contribution in [3.63, 3.8) is 0 Å². The third kappa shape index (κ3) is 6.22. The number of rotatable bonds is 7. The Balaban J connectivity index is 2.22. The van der Waals surface area contributed by atoms with E-state index in [1.165, 1.54) is 6.92 Å². The maximum atomic E-state index is 11.4. The number of hydrogen-bond donors (Lipinski definition) is 3. The first-order chi connectivity index (χ1) is 8.99. The Morgan fingerprint density at radius 2 is 2.16 bits per heavy atom. The Morgan fingerprint density at radius 3 is 2.79 bits per heavy atom. The first-order valence-electron chi connectivity index (χ1n) is 5.96. The van der Waals surface area contributed by atoms with Crippen molar-refractivity contribution < 1.29 is 14.7 Å². The van der Waals surface area contributed by atoms with Gasteiger partial charge in [-0.2, -0.15) is 0 Å². The molecule has 0 bridgehead atoms. The van der Waals surface area contributed by atoms with Gasteiger partial charge in [-0.05, 0) is 31.0 Å². The van der Waals surface area contributed by atoms with Crippen molar-refractivity contribution in [1.29, 1.82) is 0 Å². The van der Waals surface area contributed by atoms with Gasteiger partial charge in [0.2, 0.25) is 5.91 Å². The van der Waals surface area contributed by atoms with Crippen LogP contribution in [0.2, 0.25) is 5.02 Å². The summed E-state index contributed by atoms with van der Waals surface area (Å²) in [7, 11) is 0. The third-order valence-electron chi connectivity index (χ3n) is 2.56. The van der Waals surface area contributed by atoms with Gasteiger partial charge in [-0.15, -0.1) is 0 Å². The lowest BCUT2D eigenvalue weighted by atomic mass is 10.1. The molecule has 104 valence electrons. The molecule has 3 N–H and O–H groups in total. The number of carbonyl (C=O) groups excluding carboxylic acids is 1. The molecule has 0 aromatic heterocycles. The van der Waals surface area contributed by atoms with Crippen LogP contribution in [0, 0.1) is 0 Å². The van der Waals surface area contributed by atoms with Crippen LogP contribution in [0.15, 0.2) is 24.3 Å². The number of carbonyl (C=O) groups is 2. The molecule has 19 heavy (non-hydrogen) atoms. The fourth-order valence-electron chi connectivity index (χ4n) is 1.43. The van der Waals surface area contributed by atoms with Gasteiger partial charge >= 0.3 is 5.97 Å². The molecule has 0 spiro atoms. The molecule has 1 unspecified atom stereocenters. The van der Waals surface area contributed by atoms with Gasteiger partial charge in [0.05, 0.1) is 6.54 Å². The average molecular weight is 285 g/mol. The van der Waals surface area contributed by atoms with Gasteiger partial charge in [0, 0.05) is 11.6 Å². The van der Waals surface area contributed by atoms with Crippen LogP contribution in [0.5, 0.6) is 0 Å². The van der Waals surface area contributed by atoms with Crippen LogP contribution in [0.1, 0.15) is 12.5 Å². The normalized spacial score (nSPS) is 11.9. The van der Waals surface area contributed by atoms with Gasteiger partial charge in [0.15, 0.2) is 0 Å². The van der Waals surface area contributed by atoms with Crippen molar-refractivity contribution in [2.75, 3.05) is 13.1 Å². The van der Waals surface area contributed by atoms with E-state index in [4.69, 9.17) is 16.7 Å². The Kier molecular flexibility index (Phi) is 6.32. The number of nitrogens with one attached hydrogen (secondary N) is 2. The van der Waals surface area contributed by atoms with Crippen molar-refractivity contribution in [1.82, 2.24) is 10.6 Å². The number of benzene rings is 1. The molecule has 1 aromatic carbocycles. The number of hydrogen-bond acceptors (Lipinski definition) is 3. The number of carboxylic acids is 1. The first-order valence-corrected chi connectivity index (χ1v) is 6.34. The number of aliphatic carboxylic acids is 1. The highest BCUT2D eigenvalue weighted by Gasteiger charge is 2.11. The van der Waals surface area contributed by atoms with Crippen molar-refractivity contribution in [2.45, 2.75) is 19.4 Å². The number of halogens is 1. The zero-order chi connectivity index (χ0) is 14.3. The Bertz CT molecular complexity index is 451. The minimum absolute atomic E-state index is 0.0109. The predicted molar refractivity (Wildman–Crippen MR) is 73.3 cm³/mol. The van der Waals surface area contributed by atoms with E-state index in [0.29, 0.717) is 18.0 Å². The minimum atomic E-state index is -0.980. The molecule has 0 aliphatic carbocycles. The second-order valence-corrected chi connectivity index (χ2v) is 4.61. The lowest BCUT2D eigenvalue weighted by Crippen LogP contribution is -2.41. The predicted octanol–water partition coefficient (Wildman–Crippen LogP) is 1.06. The topological polar surface area (TPSA) is 78.4 Å². The molecule has 0 aliphatic heterocycles. The van der Waals surface area contributed by atoms with E-state index in [9.17, 15) is 9.59 Å². The van der Waals surface area contributed by atoms with E-state index in [1.807, 2.05) is 18.2 Å². The van der Waals surface area contributed by atoms with Crippen LogP contribution in [-0.4, -0.2) is 36.1 Å². The molecule has 1 atom stereocenters. The quantitative estimate of drug-likeness (QED) is 0.700. The van der Waals surface area contributed by atoms with Crippen LogP contribution >= 0.6 is 11.6 Å². The van der Waals surface area contributed by atoms with Crippen LogP contribution in [0.4, 0.5) is 0 Å². The fraction of sp³-hybridized carbons (Fsp3) is 0.385. The summed E-state index contributed by atoms with van der Waals surface area (Å²) in [4.78, 5) is 22.0. The van der Waals surface area contributed by atoms with E-state index < -0.39 is 12.0 Å². The van der Waals surface area contributed by atoms with E-state index in [2.05, 4.69) is 10.6 Å². The van der Waals surface area contributed by atoms with Crippen molar-refractivity contribution >= 4 is 23.5 Å². The Hall–Kier alpha value is -1.59. The summed E-state index contributed by atoms with van der Waals surface area (Å²) in [5, 5.41) is 14.6. The lowest BCUT2D eigenvalue weighted by Gasteiger charge is -2.09. The van der Waals surface area contributed by atoms with E-state index in [-0.39, 0.29) is 12.5 Å². The van der Waals surface area contributed by atoms with Gasteiger partial charge in [0.25, 0.3) is 0 Å². The maximum Gasteiger partial charge on any atom is 0.320 e. The molecule has 0 saturated heterocycles. The van der Waals surface area contributed by atoms with E-state index >= 15 is 0 Å². The summed E-state index contributed by atoms with van der Waals surface area (Å²) >= 11 is 5.85. The summed E-state index contributed by atoms with van der Waals surface area (Å²) in [5.74, 6) is -1.21. The van der Waals surface area contributed by atoms with E-state index in [0.717, 1.165) is 5.56 Å². The van der Waals surface area contributed by atoms with Gasteiger partial charge in [-0.25, -0.2) is 0 Å². The van der Waals surface area contributed by atoms with Crippen LogP contribution in [0.25, 0.3) is 0 Å². The summed E-state index contributed by atoms with van der Waals surface area (Å²) in [5.41, 5.74) is 1.04.